The summed E-state index contributed by atoms with van der Waals surface area (Å²) in [5.41, 5.74) is 1.17. The fourth-order valence-corrected chi connectivity index (χ4v) is 3.97. The van der Waals surface area contributed by atoms with Crippen LogP contribution in [0.1, 0.15) is 24.8 Å². The van der Waals surface area contributed by atoms with Gasteiger partial charge in [0.2, 0.25) is 0 Å². The number of anilines is 1. The standard InChI is InChI=1S/C19H20BrN2O/c20-16-9-11-17(12-10-16)21-14-19(23,15-6-2-1-3-7-15)22-13-5-4-8-18(21)22/h1-3,6-7,9-12,23H,4-5,8,13-14H2/q+1/t19-/m1/s1. The average molecular weight is 372 g/mol. The van der Waals surface area contributed by atoms with Gasteiger partial charge in [0.1, 0.15) is 5.69 Å². The SMILES string of the molecule is O[C@@]1(c2ccccc2)CN(c2ccc(Br)cc2)C2=[N+]1CCCC2. The number of hydrogen-bond donors (Lipinski definition) is 1. The summed E-state index contributed by atoms with van der Waals surface area (Å²) in [7, 11) is 0. The van der Waals surface area contributed by atoms with Crippen LogP contribution in [-0.2, 0) is 5.72 Å². The maximum atomic E-state index is 11.5. The number of β-amino-alcohol motifs (C(OH)–C–C–N with tert-alkyl or cyclic N) is 1. The molecule has 0 aromatic heterocycles. The third-order valence-electron chi connectivity index (χ3n) is 4.85. The fraction of sp³-hybridized carbons (Fsp3) is 0.316. The van der Waals surface area contributed by atoms with E-state index in [0.29, 0.717) is 6.54 Å². The summed E-state index contributed by atoms with van der Waals surface area (Å²) in [5.74, 6) is 1.24. The Morgan fingerprint density at radius 1 is 1.00 bits per heavy atom. The van der Waals surface area contributed by atoms with Crippen LogP contribution in [0.2, 0.25) is 0 Å². The zero-order valence-corrected chi connectivity index (χ0v) is 14.5. The first-order valence-electron chi connectivity index (χ1n) is 8.13. The number of benzene rings is 2. The zero-order chi connectivity index (χ0) is 15.9. The van der Waals surface area contributed by atoms with Crippen molar-refractivity contribution in [3.05, 3.63) is 64.6 Å². The number of rotatable bonds is 2. The van der Waals surface area contributed by atoms with Gasteiger partial charge in [0, 0.05) is 16.5 Å². The normalized spacial score (nSPS) is 24.0. The smallest absolute Gasteiger partial charge is 0.271 e. The van der Waals surface area contributed by atoms with Crippen molar-refractivity contribution in [1.29, 1.82) is 0 Å². The van der Waals surface area contributed by atoms with Gasteiger partial charge in [-0.1, -0.05) is 46.3 Å². The molecule has 2 aliphatic rings. The highest BCUT2D eigenvalue weighted by atomic mass is 79.9. The molecule has 2 aromatic carbocycles. The lowest BCUT2D eigenvalue weighted by Crippen LogP contribution is -2.41. The minimum Gasteiger partial charge on any atom is -0.346 e. The van der Waals surface area contributed by atoms with E-state index in [9.17, 15) is 5.11 Å². The molecule has 0 fully saturated rings. The quantitative estimate of drug-likeness (QED) is 0.814. The van der Waals surface area contributed by atoms with E-state index < -0.39 is 5.72 Å². The Bertz CT molecular complexity index is 742. The van der Waals surface area contributed by atoms with Gasteiger partial charge in [0.25, 0.3) is 11.6 Å². The lowest BCUT2D eigenvalue weighted by Gasteiger charge is -2.24. The third kappa shape index (κ3) is 2.50. The van der Waals surface area contributed by atoms with Crippen LogP contribution in [0.15, 0.2) is 59.1 Å². The maximum absolute atomic E-state index is 11.5. The van der Waals surface area contributed by atoms with Gasteiger partial charge in [-0.2, -0.15) is 0 Å². The molecule has 4 rings (SSSR count). The van der Waals surface area contributed by atoms with Gasteiger partial charge in [-0.3, -0.25) is 0 Å². The van der Waals surface area contributed by atoms with Crippen LogP contribution < -0.4 is 4.90 Å². The maximum Gasteiger partial charge on any atom is 0.271 e. The molecule has 0 amide bonds. The molecule has 0 unspecified atom stereocenters. The number of amidine groups is 1. The Morgan fingerprint density at radius 2 is 1.74 bits per heavy atom. The van der Waals surface area contributed by atoms with Crippen LogP contribution in [0.25, 0.3) is 0 Å². The van der Waals surface area contributed by atoms with Crippen LogP contribution >= 0.6 is 15.9 Å². The fourth-order valence-electron chi connectivity index (χ4n) is 3.71. The van der Waals surface area contributed by atoms with E-state index >= 15 is 0 Å². The molecular weight excluding hydrogens is 352 g/mol. The molecule has 0 bridgehead atoms. The van der Waals surface area contributed by atoms with Crippen LogP contribution in [0, 0.1) is 0 Å². The van der Waals surface area contributed by atoms with Crippen molar-refractivity contribution in [2.24, 2.45) is 0 Å². The molecule has 2 aromatic rings. The highest BCUT2D eigenvalue weighted by Crippen LogP contribution is 2.35. The monoisotopic (exact) mass is 371 g/mol. The molecule has 0 saturated heterocycles. The van der Waals surface area contributed by atoms with Crippen molar-refractivity contribution in [3.8, 4) is 0 Å². The predicted molar refractivity (Wildman–Crippen MR) is 95.8 cm³/mol. The van der Waals surface area contributed by atoms with Crippen LogP contribution in [0.3, 0.4) is 0 Å². The summed E-state index contributed by atoms with van der Waals surface area (Å²) in [6.45, 7) is 1.49. The Hall–Kier alpha value is -1.65. The van der Waals surface area contributed by atoms with Gasteiger partial charge in [-0.05, 0) is 37.1 Å². The predicted octanol–water partition coefficient (Wildman–Crippen LogP) is 3.71. The van der Waals surface area contributed by atoms with E-state index in [1.54, 1.807) is 0 Å². The molecule has 2 aliphatic heterocycles. The second-order valence-electron chi connectivity index (χ2n) is 6.27. The van der Waals surface area contributed by atoms with Gasteiger partial charge in [0.05, 0.1) is 6.54 Å². The van der Waals surface area contributed by atoms with E-state index in [4.69, 9.17) is 0 Å². The molecule has 2 heterocycles. The molecule has 3 nitrogen and oxygen atoms in total. The summed E-state index contributed by atoms with van der Waals surface area (Å²) in [6.07, 6.45) is 3.34. The van der Waals surface area contributed by atoms with Crippen molar-refractivity contribution in [3.63, 3.8) is 0 Å². The number of nitrogens with zero attached hydrogens (tertiary/aromatic N) is 2. The van der Waals surface area contributed by atoms with Crippen molar-refractivity contribution in [2.75, 3.05) is 18.0 Å². The lowest BCUT2D eigenvalue weighted by molar-refractivity contribution is -0.661. The van der Waals surface area contributed by atoms with E-state index in [0.717, 1.165) is 35.1 Å². The number of aliphatic hydroxyl groups is 1. The summed E-state index contributed by atoms with van der Waals surface area (Å²) in [5, 5.41) is 11.5. The molecule has 118 valence electrons. The van der Waals surface area contributed by atoms with E-state index in [-0.39, 0.29) is 0 Å². The first-order chi connectivity index (χ1) is 11.2. The number of hydrogen-bond acceptors (Lipinski definition) is 2. The van der Waals surface area contributed by atoms with E-state index in [1.165, 1.54) is 12.3 Å². The number of halogens is 1. The summed E-state index contributed by atoms with van der Waals surface area (Å²) >= 11 is 3.50. The second kappa shape index (κ2) is 5.77. The summed E-state index contributed by atoms with van der Waals surface area (Å²) in [4.78, 5) is 2.28. The van der Waals surface area contributed by atoms with Crippen molar-refractivity contribution in [2.45, 2.75) is 25.0 Å². The van der Waals surface area contributed by atoms with Gasteiger partial charge in [0.15, 0.2) is 6.54 Å². The minimum absolute atomic E-state index is 0.577. The molecule has 0 radical (unpaired) electrons. The Balaban J connectivity index is 1.79. The lowest BCUT2D eigenvalue weighted by atomic mass is 10.0. The summed E-state index contributed by atoms with van der Waals surface area (Å²) < 4.78 is 3.28. The zero-order valence-electron chi connectivity index (χ0n) is 13.0. The van der Waals surface area contributed by atoms with Gasteiger partial charge in [-0.25, -0.2) is 9.48 Å². The largest absolute Gasteiger partial charge is 0.346 e. The molecule has 4 heteroatoms. The molecule has 0 aliphatic carbocycles. The van der Waals surface area contributed by atoms with Gasteiger partial charge < -0.3 is 5.11 Å². The third-order valence-corrected chi connectivity index (χ3v) is 5.38. The van der Waals surface area contributed by atoms with Crippen LogP contribution in [0.5, 0.6) is 0 Å². The van der Waals surface area contributed by atoms with Gasteiger partial charge in [-0.15, -0.1) is 0 Å². The van der Waals surface area contributed by atoms with E-state index in [2.05, 4.69) is 49.7 Å². The van der Waals surface area contributed by atoms with Crippen molar-refractivity contribution in [1.82, 2.24) is 0 Å². The molecule has 0 spiro atoms. The summed E-state index contributed by atoms with van der Waals surface area (Å²) in [6, 6.07) is 18.4. The second-order valence-corrected chi connectivity index (χ2v) is 7.19. The topological polar surface area (TPSA) is 26.5 Å². The molecule has 1 atom stereocenters. The Labute approximate surface area is 145 Å². The van der Waals surface area contributed by atoms with Crippen molar-refractivity contribution >= 4 is 27.5 Å². The van der Waals surface area contributed by atoms with Crippen LogP contribution in [-0.4, -0.2) is 28.6 Å². The highest BCUT2D eigenvalue weighted by molar-refractivity contribution is 9.10. The first kappa shape index (κ1) is 14.9. The molecule has 1 N–H and O–H groups in total. The van der Waals surface area contributed by atoms with Crippen LogP contribution in [0.4, 0.5) is 5.69 Å². The Morgan fingerprint density at radius 3 is 2.48 bits per heavy atom. The molecule has 23 heavy (non-hydrogen) atoms. The van der Waals surface area contributed by atoms with Gasteiger partial charge >= 0.3 is 0 Å². The molecular formula is C19H20BrN2O+. The van der Waals surface area contributed by atoms with Crippen molar-refractivity contribution < 1.29 is 9.68 Å². The molecule has 0 saturated carbocycles. The minimum atomic E-state index is -0.940. The van der Waals surface area contributed by atoms with E-state index in [1.807, 2.05) is 30.3 Å². The average Bonchev–Trinajstić information content (AvgIpc) is 2.91. The Kier molecular flexibility index (Phi) is 3.74. The highest BCUT2D eigenvalue weighted by Gasteiger charge is 2.52. The first-order valence-corrected chi connectivity index (χ1v) is 8.92.